The molecule has 0 saturated carbocycles. The van der Waals surface area contributed by atoms with Crippen LogP contribution in [0.5, 0.6) is 0 Å². The zero-order chi connectivity index (χ0) is 19.9. The van der Waals surface area contributed by atoms with Crippen molar-refractivity contribution in [2.24, 2.45) is 5.92 Å². The van der Waals surface area contributed by atoms with E-state index in [1.807, 2.05) is 48.3 Å². The maximum atomic E-state index is 13.1. The normalized spacial score (nSPS) is 15.9. The molecule has 1 aliphatic rings. The minimum Gasteiger partial charge on any atom is -0.334 e. The van der Waals surface area contributed by atoms with Crippen LogP contribution in [0.3, 0.4) is 0 Å². The van der Waals surface area contributed by atoms with Gasteiger partial charge in [-0.05, 0) is 17.0 Å². The van der Waals surface area contributed by atoms with Crippen molar-refractivity contribution in [2.45, 2.75) is 19.9 Å². The van der Waals surface area contributed by atoms with Gasteiger partial charge in [-0.15, -0.1) is 0 Å². The summed E-state index contributed by atoms with van der Waals surface area (Å²) in [6.45, 7) is 10.2. The van der Waals surface area contributed by atoms with E-state index in [0.29, 0.717) is 12.5 Å². The molecule has 1 heterocycles. The van der Waals surface area contributed by atoms with Crippen LogP contribution in [0.1, 0.15) is 31.0 Å². The topological polar surface area (TPSA) is 26.8 Å². The van der Waals surface area contributed by atoms with Gasteiger partial charge in [-0.25, -0.2) is 0 Å². The number of rotatable bonds is 7. The lowest BCUT2D eigenvalue weighted by atomic mass is 9.97. The fourth-order valence-electron chi connectivity index (χ4n) is 4.00. The molecule has 1 fully saturated rings. The standard InChI is InChI=1S/C24H33N3O/c1-20(2)18-26-14-16-27(17-15-26)19-23(28)25(3)24(21-10-6-4-7-11-21)22-12-8-5-9-13-22/h4-13,20,24H,14-19H2,1-3H3. The first-order chi connectivity index (χ1) is 13.5. The number of piperazine rings is 1. The second-order valence-electron chi connectivity index (χ2n) is 8.20. The van der Waals surface area contributed by atoms with Crippen LogP contribution in [0, 0.1) is 5.92 Å². The molecule has 4 heteroatoms. The molecule has 0 aromatic heterocycles. The van der Waals surface area contributed by atoms with Gasteiger partial charge in [0.2, 0.25) is 5.91 Å². The smallest absolute Gasteiger partial charge is 0.237 e. The molecule has 0 spiro atoms. The highest BCUT2D eigenvalue weighted by Gasteiger charge is 2.26. The largest absolute Gasteiger partial charge is 0.334 e. The zero-order valence-corrected chi connectivity index (χ0v) is 17.4. The van der Waals surface area contributed by atoms with E-state index in [1.54, 1.807) is 0 Å². The number of likely N-dealkylation sites (N-methyl/N-ethyl adjacent to an activating group) is 1. The average Bonchev–Trinajstić information content (AvgIpc) is 2.71. The summed E-state index contributed by atoms with van der Waals surface area (Å²) >= 11 is 0. The van der Waals surface area contributed by atoms with Gasteiger partial charge in [0, 0.05) is 39.8 Å². The van der Waals surface area contributed by atoms with Crippen LogP contribution in [0.15, 0.2) is 60.7 Å². The van der Waals surface area contributed by atoms with Crippen LogP contribution in [0.2, 0.25) is 0 Å². The lowest BCUT2D eigenvalue weighted by Crippen LogP contribution is -2.50. The predicted octanol–water partition coefficient (Wildman–Crippen LogP) is 3.51. The molecule has 28 heavy (non-hydrogen) atoms. The summed E-state index contributed by atoms with van der Waals surface area (Å²) in [5.41, 5.74) is 2.29. The third kappa shape index (κ3) is 5.43. The van der Waals surface area contributed by atoms with Crippen LogP contribution in [-0.4, -0.2) is 66.9 Å². The van der Waals surface area contributed by atoms with Crippen LogP contribution < -0.4 is 0 Å². The van der Waals surface area contributed by atoms with Gasteiger partial charge in [-0.1, -0.05) is 74.5 Å². The molecule has 0 bridgehead atoms. The molecule has 0 unspecified atom stereocenters. The Balaban J connectivity index is 1.66. The Hall–Kier alpha value is -2.17. The molecular formula is C24H33N3O. The summed E-state index contributed by atoms with van der Waals surface area (Å²) < 4.78 is 0. The average molecular weight is 380 g/mol. The lowest BCUT2D eigenvalue weighted by molar-refractivity contribution is -0.133. The van der Waals surface area contributed by atoms with Gasteiger partial charge in [0.15, 0.2) is 0 Å². The minimum atomic E-state index is -0.0582. The molecule has 1 amide bonds. The van der Waals surface area contributed by atoms with E-state index in [2.05, 4.69) is 47.9 Å². The van der Waals surface area contributed by atoms with Gasteiger partial charge in [-0.3, -0.25) is 9.69 Å². The fraction of sp³-hybridized carbons (Fsp3) is 0.458. The predicted molar refractivity (Wildman–Crippen MR) is 115 cm³/mol. The molecule has 0 N–H and O–H groups in total. The molecule has 1 saturated heterocycles. The van der Waals surface area contributed by atoms with E-state index in [0.717, 1.165) is 43.9 Å². The van der Waals surface area contributed by atoms with Crippen LogP contribution in [0.4, 0.5) is 0 Å². The summed E-state index contributed by atoms with van der Waals surface area (Å²) in [4.78, 5) is 19.8. The number of hydrogen-bond acceptors (Lipinski definition) is 3. The summed E-state index contributed by atoms with van der Waals surface area (Å²) in [6, 6.07) is 20.5. The van der Waals surface area contributed by atoms with Crippen molar-refractivity contribution in [3.63, 3.8) is 0 Å². The third-order valence-electron chi connectivity index (χ3n) is 5.46. The zero-order valence-electron chi connectivity index (χ0n) is 17.4. The van der Waals surface area contributed by atoms with Crippen molar-refractivity contribution in [1.29, 1.82) is 0 Å². The first-order valence-electron chi connectivity index (χ1n) is 10.3. The number of carbonyl (C=O) groups is 1. The highest BCUT2D eigenvalue weighted by Crippen LogP contribution is 2.27. The maximum absolute atomic E-state index is 13.1. The van der Waals surface area contributed by atoms with E-state index in [-0.39, 0.29) is 11.9 Å². The Morgan fingerprint density at radius 1 is 0.857 bits per heavy atom. The highest BCUT2D eigenvalue weighted by atomic mass is 16.2. The SMILES string of the molecule is CC(C)CN1CCN(CC(=O)N(C)C(c2ccccc2)c2ccccc2)CC1. The van der Waals surface area contributed by atoms with Crippen molar-refractivity contribution in [2.75, 3.05) is 46.3 Å². The van der Waals surface area contributed by atoms with E-state index >= 15 is 0 Å². The molecule has 2 aromatic rings. The van der Waals surface area contributed by atoms with Gasteiger partial charge >= 0.3 is 0 Å². The third-order valence-corrected chi connectivity index (χ3v) is 5.46. The van der Waals surface area contributed by atoms with E-state index in [4.69, 9.17) is 0 Å². The van der Waals surface area contributed by atoms with Crippen LogP contribution >= 0.6 is 0 Å². The lowest BCUT2D eigenvalue weighted by Gasteiger charge is -2.37. The van der Waals surface area contributed by atoms with Gasteiger partial charge in [0.1, 0.15) is 0 Å². The van der Waals surface area contributed by atoms with Crippen LogP contribution in [-0.2, 0) is 4.79 Å². The van der Waals surface area contributed by atoms with Crippen molar-refractivity contribution in [3.05, 3.63) is 71.8 Å². The molecule has 2 aromatic carbocycles. The van der Waals surface area contributed by atoms with Crippen LogP contribution in [0.25, 0.3) is 0 Å². The van der Waals surface area contributed by atoms with Gasteiger partial charge in [0.05, 0.1) is 12.6 Å². The quantitative estimate of drug-likeness (QED) is 0.737. The molecular weight excluding hydrogens is 346 g/mol. The van der Waals surface area contributed by atoms with Gasteiger partial charge in [-0.2, -0.15) is 0 Å². The van der Waals surface area contributed by atoms with E-state index in [9.17, 15) is 4.79 Å². The van der Waals surface area contributed by atoms with E-state index < -0.39 is 0 Å². The van der Waals surface area contributed by atoms with Gasteiger partial charge in [0.25, 0.3) is 0 Å². The monoisotopic (exact) mass is 379 g/mol. The van der Waals surface area contributed by atoms with Crippen molar-refractivity contribution in [1.82, 2.24) is 14.7 Å². The first-order valence-corrected chi connectivity index (χ1v) is 10.3. The molecule has 0 aliphatic carbocycles. The minimum absolute atomic E-state index is 0.0582. The maximum Gasteiger partial charge on any atom is 0.237 e. The Kier molecular flexibility index (Phi) is 7.24. The molecule has 1 aliphatic heterocycles. The van der Waals surface area contributed by atoms with Crippen molar-refractivity contribution < 1.29 is 4.79 Å². The summed E-state index contributed by atoms with van der Waals surface area (Å²) in [7, 11) is 1.93. The number of nitrogens with zero attached hydrogens (tertiary/aromatic N) is 3. The summed E-state index contributed by atoms with van der Waals surface area (Å²) in [5, 5.41) is 0. The highest BCUT2D eigenvalue weighted by molar-refractivity contribution is 5.79. The molecule has 3 rings (SSSR count). The summed E-state index contributed by atoms with van der Waals surface area (Å²) in [5.74, 6) is 0.867. The van der Waals surface area contributed by atoms with Crippen molar-refractivity contribution in [3.8, 4) is 0 Å². The first kappa shape index (κ1) is 20.6. The van der Waals surface area contributed by atoms with Crippen molar-refractivity contribution >= 4 is 5.91 Å². The number of amides is 1. The Labute approximate surface area is 169 Å². The Bertz CT molecular complexity index is 685. The Morgan fingerprint density at radius 3 is 1.79 bits per heavy atom. The van der Waals surface area contributed by atoms with E-state index in [1.165, 1.54) is 0 Å². The molecule has 150 valence electrons. The number of hydrogen-bond donors (Lipinski definition) is 0. The Morgan fingerprint density at radius 2 is 1.32 bits per heavy atom. The number of benzene rings is 2. The second-order valence-corrected chi connectivity index (χ2v) is 8.20. The van der Waals surface area contributed by atoms with Gasteiger partial charge < -0.3 is 9.80 Å². The molecule has 4 nitrogen and oxygen atoms in total. The number of carbonyl (C=O) groups excluding carboxylic acids is 1. The molecule has 0 radical (unpaired) electrons. The molecule has 0 atom stereocenters. The second kappa shape index (κ2) is 9.85. The fourth-order valence-corrected chi connectivity index (χ4v) is 4.00. The summed E-state index contributed by atoms with van der Waals surface area (Å²) in [6.07, 6.45) is 0.